The van der Waals surface area contributed by atoms with Crippen molar-refractivity contribution < 1.29 is 14.4 Å². The number of benzene rings is 3. The Morgan fingerprint density at radius 3 is 2.29 bits per heavy atom. The molecule has 7 heteroatoms. The highest BCUT2D eigenvalue weighted by Gasteiger charge is 2.28. The molecular formula is C27H26N4O3. The van der Waals surface area contributed by atoms with E-state index in [0.29, 0.717) is 17.8 Å². The van der Waals surface area contributed by atoms with E-state index < -0.39 is 0 Å². The van der Waals surface area contributed by atoms with E-state index in [1.165, 1.54) is 6.92 Å². The molecule has 0 aliphatic carbocycles. The summed E-state index contributed by atoms with van der Waals surface area (Å²) < 4.78 is 0. The van der Waals surface area contributed by atoms with Gasteiger partial charge in [-0.2, -0.15) is 0 Å². The van der Waals surface area contributed by atoms with Crippen molar-refractivity contribution in [3.63, 3.8) is 0 Å². The molecule has 0 saturated carbocycles. The summed E-state index contributed by atoms with van der Waals surface area (Å²) in [6, 6.07) is 24.8. The first-order chi connectivity index (χ1) is 16.4. The smallest absolute Gasteiger partial charge is 0.258 e. The van der Waals surface area contributed by atoms with Crippen molar-refractivity contribution in [1.82, 2.24) is 5.32 Å². The Balaban J connectivity index is 1.60. The monoisotopic (exact) mass is 454 g/mol. The molecule has 4 rings (SSSR count). The molecule has 0 unspecified atom stereocenters. The summed E-state index contributed by atoms with van der Waals surface area (Å²) in [6.07, 6.45) is 0.217. The fraction of sp³-hybridized carbons (Fsp3) is 0.148. The van der Waals surface area contributed by atoms with Gasteiger partial charge in [0.25, 0.3) is 5.91 Å². The lowest BCUT2D eigenvalue weighted by Gasteiger charge is -2.19. The predicted octanol–water partition coefficient (Wildman–Crippen LogP) is 4.11. The van der Waals surface area contributed by atoms with Crippen molar-refractivity contribution in [3.8, 4) is 0 Å². The molecule has 3 aromatic carbocycles. The van der Waals surface area contributed by atoms with Crippen LogP contribution in [0.4, 0.5) is 17.1 Å². The summed E-state index contributed by atoms with van der Waals surface area (Å²) in [6.45, 7) is 1.72. The Morgan fingerprint density at radius 1 is 0.912 bits per heavy atom. The third kappa shape index (κ3) is 4.99. The Bertz CT molecular complexity index is 1250. The summed E-state index contributed by atoms with van der Waals surface area (Å²) in [5.41, 5.74) is 5.32. The molecule has 0 spiro atoms. The Labute approximate surface area is 198 Å². The molecule has 0 radical (unpaired) electrons. The molecule has 1 heterocycles. The van der Waals surface area contributed by atoms with Gasteiger partial charge < -0.3 is 20.9 Å². The second kappa shape index (κ2) is 10.0. The average Bonchev–Trinajstić information content (AvgIpc) is 3.18. The molecule has 0 bridgehead atoms. The minimum absolute atomic E-state index is 0.0965. The molecule has 1 aliphatic rings. The number of nitrogens with zero attached hydrogens (tertiary/aromatic N) is 1. The molecule has 0 aromatic heterocycles. The topological polar surface area (TPSA) is 90.5 Å². The number of hydrogen-bond acceptors (Lipinski definition) is 4. The van der Waals surface area contributed by atoms with Crippen LogP contribution in [0.2, 0.25) is 0 Å². The van der Waals surface area contributed by atoms with Crippen LogP contribution in [0.15, 0.2) is 78.9 Å². The fourth-order valence-corrected chi connectivity index (χ4v) is 3.82. The maximum Gasteiger partial charge on any atom is 0.258 e. The summed E-state index contributed by atoms with van der Waals surface area (Å²) in [5, 5.41) is 8.99. The van der Waals surface area contributed by atoms with E-state index >= 15 is 0 Å². The minimum Gasteiger partial charge on any atom is -0.356 e. The zero-order chi connectivity index (χ0) is 24.1. The van der Waals surface area contributed by atoms with E-state index in [0.717, 1.165) is 28.2 Å². The van der Waals surface area contributed by atoms with Gasteiger partial charge in [-0.3, -0.25) is 14.4 Å². The number of para-hydroxylation sites is 1. The van der Waals surface area contributed by atoms with Crippen LogP contribution in [0.1, 0.15) is 24.5 Å². The van der Waals surface area contributed by atoms with Crippen molar-refractivity contribution >= 4 is 46.1 Å². The summed E-state index contributed by atoms with van der Waals surface area (Å²) in [5.74, 6) is -0.415. The second-order valence-corrected chi connectivity index (χ2v) is 7.97. The lowest BCUT2D eigenvalue weighted by atomic mass is 10.00. The summed E-state index contributed by atoms with van der Waals surface area (Å²) in [4.78, 5) is 37.9. The van der Waals surface area contributed by atoms with Crippen LogP contribution in [-0.2, 0) is 14.4 Å². The molecule has 34 heavy (non-hydrogen) atoms. The van der Waals surface area contributed by atoms with E-state index in [4.69, 9.17) is 0 Å². The van der Waals surface area contributed by atoms with Crippen LogP contribution in [-0.4, -0.2) is 31.3 Å². The maximum atomic E-state index is 12.9. The first kappa shape index (κ1) is 22.8. The molecule has 3 N–H and O–H groups in total. The van der Waals surface area contributed by atoms with Crippen LogP contribution >= 0.6 is 0 Å². The van der Waals surface area contributed by atoms with Crippen LogP contribution in [0.5, 0.6) is 0 Å². The number of amides is 3. The number of fused-ring (bicyclic) bond motifs is 1. The van der Waals surface area contributed by atoms with Gasteiger partial charge in [0.15, 0.2) is 0 Å². The number of carbonyl (C=O) groups is 3. The Hall–Kier alpha value is -4.39. The van der Waals surface area contributed by atoms with Gasteiger partial charge in [-0.05, 0) is 35.9 Å². The van der Waals surface area contributed by atoms with E-state index in [1.807, 2.05) is 78.9 Å². The van der Waals surface area contributed by atoms with Gasteiger partial charge in [-0.1, -0.05) is 48.5 Å². The maximum absolute atomic E-state index is 12.9. The Kier molecular flexibility index (Phi) is 6.73. The van der Waals surface area contributed by atoms with Crippen molar-refractivity contribution in [1.29, 1.82) is 0 Å². The number of rotatable bonds is 7. The second-order valence-electron chi connectivity index (χ2n) is 7.97. The van der Waals surface area contributed by atoms with Gasteiger partial charge in [-0.15, -0.1) is 0 Å². The summed E-state index contributed by atoms with van der Waals surface area (Å²) >= 11 is 0. The number of nitrogens with one attached hydrogen (secondary N) is 3. The molecule has 0 saturated heterocycles. The average molecular weight is 455 g/mol. The van der Waals surface area contributed by atoms with Crippen molar-refractivity contribution in [3.05, 3.63) is 90.0 Å². The van der Waals surface area contributed by atoms with Crippen molar-refractivity contribution in [2.45, 2.75) is 13.3 Å². The van der Waals surface area contributed by atoms with Crippen molar-refractivity contribution in [2.24, 2.45) is 0 Å². The molecule has 0 atom stereocenters. The molecule has 0 fully saturated rings. The van der Waals surface area contributed by atoms with Gasteiger partial charge in [-0.25, -0.2) is 0 Å². The van der Waals surface area contributed by atoms with Crippen LogP contribution < -0.4 is 20.9 Å². The van der Waals surface area contributed by atoms with E-state index in [9.17, 15) is 14.4 Å². The minimum atomic E-state index is -0.159. The molecule has 172 valence electrons. The third-order valence-electron chi connectivity index (χ3n) is 5.59. The summed E-state index contributed by atoms with van der Waals surface area (Å²) in [7, 11) is 1.70. The Morgan fingerprint density at radius 2 is 1.59 bits per heavy atom. The van der Waals surface area contributed by atoms with E-state index in [-0.39, 0.29) is 24.1 Å². The SMILES string of the molecule is CC(=O)NCCC(=O)N(C)c1ccc(NC(=C2C(=O)Nc3ccccc32)c2ccccc2)cc1. The quantitative estimate of drug-likeness (QED) is 0.469. The van der Waals surface area contributed by atoms with E-state index in [2.05, 4.69) is 16.0 Å². The standard InChI is InChI=1S/C27H26N4O3/c1-18(32)28-17-16-24(33)31(2)21-14-12-20(13-15-21)29-26(19-8-4-3-5-9-19)25-22-10-6-7-11-23(22)30-27(25)34/h3-15,29H,16-17H2,1-2H3,(H,28,32)(H,30,34). The van der Waals surface area contributed by atoms with Crippen molar-refractivity contribution in [2.75, 3.05) is 29.1 Å². The van der Waals surface area contributed by atoms with Gasteiger partial charge in [0.1, 0.15) is 0 Å². The van der Waals surface area contributed by atoms with Gasteiger partial charge in [0.05, 0.1) is 11.3 Å². The molecular weight excluding hydrogens is 428 g/mol. The highest BCUT2D eigenvalue weighted by atomic mass is 16.2. The largest absolute Gasteiger partial charge is 0.356 e. The fourth-order valence-electron chi connectivity index (χ4n) is 3.82. The first-order valence-corrected chi connectivity index (χ1v) is 11.0. The number of hydrogen-bond donors (Lipinski definition) is 3. The third-order valence-corrected chi connectivity index (χ3v) is 5.59. The highest BCUT2D eigenvalue weighted by molar-refractivity contribution is 6.37. The molecule has 3 amide bonds. The predicted molar refractivity (Wildman–Crippen MR) is 135 cm³/mol. The number of anilines is 3. The van der Waals surface area contributed by atoms with Crippen LogP contribution in [0, 0.1) is 0 Å². The van der Waals surface area contributed by atoms with Crippen LogP contribution in [0.25, 0.3) is 11.3 Å². The zero-order valence-electron chi connectivity index (χ0n) is 19.1. The molecule has 3 aromatic rings. The highest BCUT2D eigenvalue weighted by Crippen LogP contribution is 2.37. The van der Waals surface area contributed by atoms with Gasteiger partial charge in [0, 0.05) is 49.6 Å². The van der Waals surface area contributed by atoms with Crippen LogP contribution in [0.3, 0.4) is 0 Å². The number of carbonyl (C=O) groups excluding carboxylic acids is 3. The first-order valence-electron chi connectivity index (χ1n) is 11.0. The molecule has 1 aliphatic heterocycles. The van der Waals surface area contributed by atoms with E-state index in [1.54, 1.807) is 11.9 Å². The van der Waals surface area contributed by atoms with Gasteiger partial charge >= 0.3 is 0 Å². The molecule has 7 nitrogen and oxygen atoms in total. The van der Waals surface area contributed by atoms with Gasteiger partial charge in [0.2, 0.25) is 11.8 Å². The zero-order valence-corrected chi connectivity index (χ0v) is 19.1. The lowest BCUT2D eigenvalue weighted by molar-refractivity contribution is -0.120. The lowest BCUT2D eigenvalue weighted by Crippen LogP contribution is -2.31. The normalized spacial score (nSPS) is 13.5.